The predicted molar refractivity (Wildman–Crippen MR) is 110 cm³/mol. The van der Waals surface area contributed by atoms with Crippen LogP contribution in [0.2, 0.25) is 0 Å². The van der Waals surface area contributed by atoms with Crippen molar-refractivity contribution in [3.63, 3.8) is 0 Å². The summed E-state index contributed by atoms with van der Waals surface area (Å²) in [7, 11) is 2.11. The lowest BCUT2D eigenvalue weighted by atomic mass is 10.0. The van der Waals surface area contributed by atoms with Crippen molar-refractivity contribution in [3.8, 4) is 0 Å². The summed E-state index contributed by atoms with van der Waals surface area (Å²) in [5.74, 6) is -0.145. The molecule has 0 aliphatic heterocycles. The van der Waals surface area contributed by atoms with Gasteiger partial charge in [0.15, 0.2) is 0 Å². The van der Waals surface area contributed by atoms with Crippen molar-refractivity contribution in [1.29, 1.82) is 0 Å². The van der Waals surface area contributed by atoms with Gasteiger partial charge in [0.25, 0.3) is 11.5 Å². The molecule has 1 aromatic carbocycles. The second-order valence-corrected chi connectivity index (χ2v) is 7.67. The summed E-state index contributed by atoms with van der Waals surface area (Å²) in [4.78, 5) is 30.0. The molecule has 144 valence electrons. The van der Waals surface area contributed by atoms with Gasteiger partial charge in [0.2, 0.25) is 0 Å². The van der Waals surface area contributed by atoms with Crippen molar-refractivity contribution in [2.45, 2.75) is 59.0 Å². The molecule has 1 amide bonds. The van der Waals surface area contributed by atoms with E-state index in [1.807, 2.05) is 39.0 Å². The number of anilines is 1. The van der Waals surface area contributed by atoms with E-state index in [9.17, 15) is 9.59 Å². The zero-order valence-corrected chi connectivity index (χ0v) is 16.7. The monoisotopic (exact) mass is 367 g/mol. The van der Waals surface area contributed by atoms with Gasteiger partial charge in [0.1, 0.15) is 0 Å². The maximum absolute atomic E-state index is 12.8. The molecule has 5 nitrogen and oxygen atoms in total. The lowest BCUT2D eigenvalue weighted by Gasteiger charge is -2.27. The quantitative estimate of drug-likeness (QED) is 0.848. The molecule has 2 aromatic rings. The van der Waals surface area contributed by atoms with E-state index in [2.05, 4.69) is 28.3 Å². The number of hydrogen-bond donors (Lipinski definition) is 2. The highest BCUT2D eigenvalue weighted by molar-refractivity contribution is 5.96. The third-order valence-electron chi connectivity index (χ3n) is 5.66. The van der Waals surface area contributed by atoms with Gasteiger partial charge in [0.05, 0.1) is 0 Å². The second-order valence-electron chi connectivity index (χ2n) is 7.67. The van der Waals surface area contributed by atoms with E-state index in [4.69, 9.17) is 0 Å². The van der Waals surface area contributed by atoms with Crippen LogP contribution in [0.25, 0.3) is 0 Å². The van der Waals surface area contributed by atoms with Crippen molar-refractivity contribution < 1.29 is 4.79 Å². The Bertz CT molecular complexity index is 895. The maximum atomic E-state index is 12.8. The summed E-state index contributed by atoms with van der Waals surface area (Å²) in [6, 6.07) is 8.52. The van der Waals surface area contributed by atoms with Crippen molar-refractivity contribution in [3.05, 3.63) is 62.6 Å². The third kappa shape index (κ3) is 4.24. The van der Waals surface area contributed by atoms with Crippen LogP contribution in [-0.2, 0) is 6.54 Å². The van der Waals surface area contributed by atoms with E-state index in [1.165, 1.54) is 25.7 Å². The van der Waals surface area contributed by atoms with Crippen molar-refractivity contribution >= 4 is 11.6 Å². The van der Waals surface area contributed by atoms with Crippen LogP contribution >= 0.6 is 0 Å². The van der Waals surface area contributed by atoms with E-state index in [-0.39, 0.29) is 18.0 Å². The van der Waals surface area contributed by atoms with E-state index in [0.717, 1.165) is 22.5 Å². The Morgan fingerprint density at radius 2 is 1.85 bits per heavy atom. The Morgan fingerprint density at radius 3 is 2.52 bits per heavy atom. The minimum absolute atomic E-state index is 0.140. The van der Waals surface area contributed by atoms with Gasteiger partial charge in [-0.25, -0.2) is 0 Å². The summed E-state index contributed by atoms with van der Waals surface area (Å²) in [6.45, 7) is 5.92. The molecule has 3 rings (SSSR count). The third-order valence-corrected chi connectivity index (χ3v) is 5.66. The fraction of sp³-hybridized carbons (Fsp3) is 0.455. The standard InChI is InChI=1S/C22H29N3O2/c1-14-9-10-18(25(4)17-7-5-6-8-17)12-19(14)21(26)23-13-20-15(2)11-16(3)24-22(20)27/h9-12,17H,5-8,13H2,1-4H3,(H,23,26)(H,24,27). The summed E-state index contributed by atoms with van der Waals surface area (Å²) < 4.78 is 0. The van der Waals surface area contributed by atoms with Gasteiger partial charge >= 0.3 is 0 Å². The van der Waals surface area contributed by atoms with Crippen LogP contribution in [0.15, 0.2) is 29.1 Å². The average molecular weight is 367 g/mol. The summed E-state index contributed by atoms with van der Waals surface area (Å²) in [5, 5.41) is 2.92. The van der Waals surface area contributed by atoms with Crippen molar-refractivity contribution in [2.24, 2.45) is 0 Å². The Labute approximate surface area is 160 Å². The largest absolute Gasteiger partial charge is 0.372 e. The number of amides is 1. The number of nitrogens with one attached hydrogen (secondary N) is 2. The first-order chi connectivity index (χ1) is 12.9. The van der Waals surface area contributed by atoms with Gasteiger partial charge in [-0.05, 0) is 62.9 Å². The van der Waals surface area contributed by atoms with Crippen LogP contribution in [0.1, 0.15) is 58.4 Å². The predicted octanol–water partition coefficient (Wildman–Crippen LogP) is 3.61. The molecular weight excluding hydrogens is 338 g/mol. The van der Waals surface area contributed by atoms with Gasteiger partial charge in [-0.15, -0.1) is 0 Å². The number of pyridine rings is 1. The van der Waals surface area contributed by atoms with Gasteiger partial charge in [-0.1, -0.05) is 18.9 Å². The number of hydrogen-bond acceptors (Lipinski definition) is 3. The second kappa shape index (κ2) is 7.99. The number of aryl methyl sites for hydroxylation is 3. The minimum Gasteiger partial charge on any atom is -0.372 e. The highest BCUT2D eigenvalue weighted by Gasteiger charge is 2.21. The van der Waals surface area contributed by atoms with E-state index in [1.54, 1.807) is 0 Å². The summed E-state index contributed by atoms with van der Waals surface area (Å²) >= 11 is 0. The number of rotatable bonds is 5. The van der Waals surface area contributed by atoms with Gasteiger partial charge < -0.3 is 15.2 Å². The first-order valence-corrected chi connectivity index (χ1v) is 9.68. The zero-order valence-electron chi connectivity index (χ0n) is 16.7. The molecule has 1 aliphatic rings. The minimum atomic E-state index is -0.145. The number of nitrogens with zero attached hydrogens (tertiary/aromatic N) is 1. The molecule has 1 fully saturated rings. The van der Waals surface area contributed by atoms with E-state index in [0.29, 0.717) is 17.2 Å². The Kier molecular flexibility index (Phi) is 5.68. The van der Waals surface area contributed by atoms with Crippen LogP contribution in [0.4, 0.5) is 5.69 Å². The molecule has 1 saturated carbocycles. The molecular formula is C22H29N3O2. The van der Waals surface area contributed by atoms with Crippen molar-refractivity contribution in [2.75, 3.05) is 11.9 Å². The first kappa shape index (κ1) is 19.2. The topological polar surface area (TPSA) is 65.2 Å². The molecule has 0 radical (unpaired) electrons. The summed E-state index contributed by atoms with van der Waals surface area (Å²) in [6.07, 6.45) is 4.97. The lowest BCUT2D eigenvalue weighted by Crippen LogP contribution is -2.30. The Hall–Kier alpha value is -2.56. The molecule has 5 heteroatoms. The van der Waals surface area contributed by atoms with Crippen molar-refractivity contribution in [1.82, 2.24) is 10.3 Å². The number of benzene rings is 1. The molecule has 0 atom stereocenters. The van der Waals surface area contributed by atoms with E-state index < -0.39 is 0 Å². The van der Waals surface area contributed by atoms with Crippen LogP contribution in [0.5, 0.6) is 0 Å². The van der Waals surface area contributed by atoms with Crippen LogP contribution in [0.3, 0.4) is 0 Å². The number of carbonyl (C=O) groups is 1. The molecule has 0 unspecified atom stereocenters. The van der Waals surface area contributed by atoms with Gasteiger partial charge in [0, 0.05) is 42.1 Å². The van der Waals surface area contributed by atoms with Crippen LogP contribution in [-0.4, -0.2) is 24.0 Å². The highest BCUT2D eigenvalue weighted by Crippen LogP contribution is 2.28. The summed E-state index contributed by atoms with van der Waals surface area (Å²) in [5.41, 5.74) is 4.85. The number of H-pyrrole nitrogens is 1. The SMILES string of the molecule is Cc1cc(C)c(CNC(=O)c2cc(N(C)C3CCCC3)ccc2C)c(=O)[nH]1. The number of aromatic nitrogens is 1. The lowest BCUT2D eigenvalue weighted by molar-refractivity contribution is 0.0950. The molecule has 27 heavy (non-hydrogen) atoms. The Balaban J connectivity index is 1.76. The molecule has 0 spiro atoms. The number of carbonyl (C=O) groups excluding carboxylic acids is 1. The zero-order chi connectivity index (χ0) is 19.6. The molecule has 0 bridgehead atoms. The van der Waals surface area contributed by atoms with Crippen LogP contribution in [0, 0.1) is 20.8 Å². The molecule has 0 saturated heterocycles. The first-order valence-electron chi connectivity index (χ1n) is 9.68. The average Bonchev–Trinajstić information content (AvgIpc) is 3.15. The van der Waals surface area contributed by atoms with Gasteiger partial charge in [-0.2, -0.15) is 0 Å². The molecule has 1 heterocycles. The van der Waals surface area contributed by atoms with E-state index >= 15 is 0 Å². The smallest absolute Gasteiger partial charge is 0.253 e. The fourth-order valence-corrected chi connectivity index (χ4v) is 3.94. The molecule has 2 N–H and O–H groups in total. The molecule has 1 aliphatic carbocycles. The fourth-order valence-electron chi connectivity index (χ4n) is 3.94. The maximum Gasteiger partial charge on any atom is 0.253 e. The highest BCUT2D eigenvalue weighted by atomic mass is 16.1. The normalized spacial score (nSPS) is 14.4. The van der Waals surface area contributed by atoms with Crippen LogP contribution < -0.4 is 15.8 Å². The van der Waals surface area contributed by atoms with Gasteiger partial charge in [-0.3, -0.25) is 9.59 Å². The molecule has 1 aromatic heterocycles. The Morgan fingerprint density at radius 1 is 1.15 bits per heavy atom. The number of aromatic amines is 1.